The van der Waals surface area contributed by atoms with Crippen LogP contribution in [-0.4, -0.2) is 20.2 Å². The summed E-state index contributed by atoms with van der Waals surface area (Å²) in [5, 5.41) is 8.54. The highest BCUT2D eigenvalue weighted by atomic mass is 35.5. The van der Waals surface area contributed by atoms with E-state index in [0.29, 0.717) is 0 Å². The summed E-state index contributed by atoms with van der Waals surface area (Å²) >= 11 is 5.89. The van der Waals surface area contributed by atoms with E-state index in [1.54, 1.807) is 18.3 Å². The molecule has 1 aromatic carbocycles. The third-order valence-corrected chi connectivity index (χ3v) is 4.58. The highest BCUT2D eigenvalue weighted by molar-refractivity contribution is 6.28. The molecule has 0 amide bonds. The van der Waals surface area contributed by atoms with E-state index in [-0.39, 0.29) is 22.5 Å². The second-order valence-corrected chi connectivity index (χ2v) is 6.27. The first-order valence-corrected chi connectivity index (χ1v) is 8.30. The zero-order valence-corrected chi connectivity index (χ0v) is 13.8. The lowest BCUT2D eigenvalue weighted by Gasteiger charge is -2.23. The largest absolute Gasteiger partial charge is 0.227 e. The van der Waals surface area contributed by atoms with Crippen LogP contribution in [0, 0.1) is 11.6 Å². The summed E-state index contributed by atoms with van der Waals surface area (Å²) in [6.07, 6.45) is 4.17. The van der Waals surface area contributed by atoms with Crippen LogP contribution in [0.2, 0.25) is 5.28 Å². The van der Waals surface area contributed by atoms with Gasteiger partial charge in [-0.25, -0.2) is 18.7 Å². The fourth-order valence-electron chi connectivity index (χ4n) is 3.26. The Kier molecular flexibility index (Phi) is 4.13. The molecule has 1 aliphatic rings. The van der Waals surface area contributed by atoms with Gasteiger partial charge in [0.25, 0.3) is 0 Å². The summed E-state index contributed by atoms with van der Waals surface area (Å²) in [4.78, 5) is 8.17. The van der Waals surface area contributed by atoms with Crippen molar-refractivity contribution < 1.29 is 8.78 Å². The summed E-state index contributed by atoms with van der Waals surface area (Å²) < 4.78 is 28.0. The number of benzene rings is 1. The molecule has 1 unspecified atom stereocenters. The first kappa shape index (κ1) is 16.0. The van der Waals surface area contributed by atoms with Gasteiger partial charge in [-0.15, -0.1) is 0 Å². The van der Waals surface area contributed by atoms with Gasteiger partial charge in [0, 0.05) is 12.1 Å². The van der Waals surface area contributed by atoms with Gasteiger partial charge in [0.15, 0.2) is 0 Å². The van der Waals surface area contributed by atoms with Gasteiger partial charge in [-0.3, -0.25) is 0 Å². The van der Waals surface area contributed by atoms with Gasteiger partial charge >= 0.3 is 0 Å². The molecule has 0 radical (unpaired) electrons. The van der Waals surface area contributed by atoms with Gasteiger partial charge in [-0.05, 0) is 60.7 Å². The van der Waals surface area contributed by atoms with Crippen LogP contribution >= 0.6 is 11.6 Å². The molecule has 4 nitrogen and oxygen atoms in total. The molecule has 0 aliphatic heterocycles. The van der Waals surface area contributed by atoms with E-state index in [4.69, 9.17) is 11.6 Å². The smallest absolute Gasteiger partial charge is 0.222 e. The van der Waals surface area contributed by atoms with E-state index < -0.39 is 11.6 Å². The molecule has 0 saturated carbocycles. The number of nitrogens with zero attached hydrogens (tertiary/aromatic N) is 4. The predicted molar refractivity (Wildman–Crippen MR) is 89.2 cm³/mol. The quantitative estimate of drug-likeness (QED) is 0.640. The highest BCUT2D eigenvalue weighted by Crippen LogP contribution is 2.36. The molecule has 7 heteroatoms. The van der Waals surface area contributed by atoms with Gasteiger partial charge in [-0.1, -0.05) is 6.07 Å². The predicted octanol–water partition coefficient (Wildman–Crippen LogP) is 4.33. The van der Waals surface area contributed by atoms with Gasteiger partial charge in [0.1, 0.15) is 11.6 Å². The third-order valence-electron chi connectivity index (χ3n) is 4.40. The molecule has 126 valence electrons. The molecule has 0 bridgehead atoms. The molecule has 1 atom stereocenters. The van der Waals surface area contributed by atoms with Crippen molar-refractivity contribution in [1.82, 2.24) is 20.2 Å². The minimum atomic E-state index is -0.649. The van der Waals surface area contributed by atoms with E-state index in [9.17, 15) is 8.78 Å². The second kappa shape index (κ2) is 6.44. The number of rotatable bonds is 2. The van der Waals surface area contributed by atoms with E-state index in [2.05, 4.69) is 20.2 Å². The molecule has 2 aromatic heterocycles. The Labute approximate surface area is 147 Å². The fourth-order valence-corrected chi connectivity index (χ4v) is 3.42. The molecule has 0 spiro atoms. The van der Waals surface area contributed by atoms with Crippen LogP contribution in [0.4, 0.5) is 8.78 Å². The van der Waals surface area contributed by atoms with Crippen LogP contribution in [0.25, 0.3) is 11.3 Å². The monoisotopic (exact) mass is 358 g/mol. The lowest BCUT2D eigenvalue weighted by Crippen LogP contribution is -2.16. The molecule has 0 N–H and O–H groups in total. The molecule has 0 fully saturated rings. The van der Waals surface area contributed by atoms with E-state index in [1.165, 1.54) is 18.2 Å². The fraction of sp³-hybridized carbons (Fsp3) is 0.222. The molecule has 2 heterocycles. The summed E-state index contributed by atoms with van der Waals surface area (Å²) in [6, 6.07) is 7.28. The van der Waals surface area contributed by atoms with E-state index in [0.717, 1.165) is 36.2 Å². The Morgan fingerprint density at radius 1 is 1.08 bits per heavy atom. The summed E-state index contributed by atoms with van der Waals surface area (Å²) in [5.74, 6) is -1.34. The van der Waals surface area contributed by atoms with Gasteiger partial charge in [-0.2, -0.15) is 10.2 Å². The maximum atomic E-state index is 14.0. The lowest BCUT2D eigenvalue weighted by molar-refractivity contribution is 0.572. The van der Waals surface area contributed by atoms with Crippen molar-refractivity contribution in [2.75, 3.05) is 0 Å². The highest BCUT2D eigenvalue weighted by Gasteiger charge is 2.26. The summed E-state index contributed by atoms with van der Waals surface area (Å²) in [6.45, 7) is 0. The maximum Gasteiger partial charge on any atom is 0.222 e. The molecule has 4 rings (SSSR count). The number of aromatic nitrogens is 4. The topological polar surface area (TPSA) is 51.6 Å². The average Bonchev–Trinajstić information content (AvgIpc) is 2.61. The van der Waals surface area contributed by atoms with E-state index >= 15 is 0 Å². The van der Waals surface area contributed by atoms with Crippen LogP contribution in [0.5, 0.6) is 0 Å². The van der Waals surface area contributed by atoms with Crippen molar-refractivity contribution in [2.24, 2.45) is 0 Å². The minimum Gasteiger partial charge on any atom is -0.227 e. The van der Waals surface area contributed by atoms with Gasteiger partial charge in [0.2, 0.25) is 5.28 Å². The maximum absolute atomic E-state index is 14.0. The molecule has 3 aromatic rings. The average molecular weight is 359 g/mol. The number of hydrogen-bond donors (Lipinski definition) is 0. The first-order valence-electron chi connectivity index (χ1n) is 7.93. The molecular weight excluding hydrogens is 346 g/mol. The van der Waals surface area contributed by atoms with Crippen molar-refractivity contribution in [3.63, 3.8) is 0 Å². The van der Waals surface area contributed by atoms with E-state index in [1.807, 2.05) is 0 Å². The molecular formula is C18H13ClF2N4. The third kappa shape index (κ3) is 2.98. The molecule has 0 saturated heterocycles. The molecule has 1 aliphatic carbocycles. The van der Waals surface area contributed by atoms with Crippen molar-refractivity contribution in [3.05, 3.63) is 70.4 Å². The van der Waals surface area contributed by atoms with Crippen LogP contribution in [0.15, 0.2) is 36.5 Å². The number of fused-ring (bicyclic) bond motifs is 1. The zero-order chi connectivity index (χ0) is 17.4. The standard InChI is InChI=1S/C18H13ClF2N4/c19-18-22-8-7-14(23-18)11-4-1-3-10-9-15(24-25-17(10)11)16-12(20)5-2-6-13(16)21/h2,5-9,11H,1,3-4H2. The lowest BCUT2D eigenvalue weighted by atomic mass is 9.84. The Morgan fingerprint density at radius 2 is 1.88 bits per heavy atom. The number of hydrogen-bond acceptors (Lipinski definition) is 4. The van der Waals surface area contributed by atoms with Crippen molar-refractivity contribution in [1.29, 1.82) is 0 Å². The second-order valence-electron chi connectivity index (χ2n) is 5.93. The van der Waals surface area contributed by atoms with Crippen LogP contribution in [-0.2, 0) is 6.42 Å². The van der Waals surface area contributed by atoms with Gasteiger partial charge < -0.3 is 0 Å². The van der Waals surface area contributed by atoms with Gasteiger partial charge in [0.05, 0.1) is 22.6 Å². The Balaban J connectivity index is 1.79. The molecule has 25 heavy (non-hydrogen) atoms. The normalized spacial score (nSPS) is 16.5. The first-order chi connectivity index (χ1) is 12.1. The Hall–Kier alpha value is -2.47. The van der Waals surface area contributed by atoms with Crippen molar-refractivity contribution in [2.45, 2.75) is 25.2 Å². The summed E-state index contributed by atoms with van der Waals surface area (Å²) in [5.41, 5.74) is 2.54. The van der Waals surface area contributed by atoms with Crippen LogP contribution in [0.3, 0.4) is 0 Å². The van der Waals surface area contributed by atoms with Crippen LogP contribution in [0.1, 0.15) is 35.7 Å². The summed E-state index contributed by atoms with van der Waals surface area (Å²) in [7, 11) is 0. The Morgan fingerprint density at radius 3 is 2.64 bits per heavy atom. The SMILES string of the molecule is Fc1cccc(F)c1-c1cc2c(nn1)C(c1ccnc(Cl)n1)CCC2. The zero-order valence-electron chi connectivity index (χ0n) is 13.1. The number of aryl methyl sites for hydroxylation is 1. The van der Waals surface area contributed by atoms with Crippen LogP contribution < -0.4 is 0 Å². The minimum absolute atomic E-state index is 0.0451. The van der Waals surface area contributed by atoms with Crippen molar-refractivity contribution >= 4 is 11.6 Å². The van der Waals surface area contributed by atoms with Crippen molar-refractivity contribution in [3.8, 4) is 11.3 Å². The number of halogens is 3. The Bertz CT molecular complexity index is 928.